The van der Waals surface area contributed by atoms with Crippen molar-refractivity contribution < 1.29 is 37.0 Å². The number of amides is 2. The normalized spacial score (nSPS) is 16.6. The van der Waals surface area contributed by atoms with Gasteiger partial charge in [-0.05, 0) is 61.2 Å². The lowest BCUT2D eigenvalue weighted by Gasteiger charge is -2.39. The van der Waals surface area contributed by atoms with Gasteiger partial charge < -0.3 is 19.5 Å². The van der Waals surface area contributed by atoms with E-state index in [0.717, 1.165) is 17.7 Å². The fourth-order valence-corrected chi connectivity index (χ4v) is 5.05. The third-order valence-corrected chi connectivity index (χ3v) is 6.97. The van der Waals surface area contributed by atoms with Crippen LogP contribution in [0.25, 0.3) is 11.1 Å². The molecule has 10 heteroatoms. The standard InChI is InChI=1S/C30H31F3N2O5/c1-5-40-29(37)35-18(2)14-20(24-15-26(38-3)27(39-4)16-25(24)35)17-34-28(36)23-9-7-6-8-22(23)19-10-12-21(13-11-19)30(31,32)33/h6-13,15-16,18,20H,5,14,17H2,1-4H3,(H,34,36). The number of halogens is 3. The number of carbonyl (C=O) groups excluding carboxylic acids is 2. The molecule has 0 fully saturated rings. The van der Waals surface area contributed by atoms with Crippen LogP contribution in [-0.4, -0.2) is 45.4 Å². The van der Waals surface area contributed by atoms with Gasteiger partial charge >= 0.3 is 12.3 Å². The predicted molar refractivity (Wildman–Crippen MR) is 145 cm³/mol. The molecular weight excluding hydrogens is 525 g/mol. The van der Waals surface area contributed by atoms with E-state index in [2.05, 4.69) is 5.32 Å². The Morgan fingerprint density at radius 3 is 2.27 bits per heavy atom. The summed E-state index contributed by atoms with van der Waals surface area (Å²) in [6.07, 6.45) is -4.38. The van der Waals surface area contributed by atoms with Gasteiger partial charge in [0.2, 0.25) is 0 Å². The molecule has 0 saturated carbocycles. The van der Waals surface area contributed by atoms with Crippen LogP contribution in [0.5, 0.6) is 11.5 Å². The van der Waals surface area contributed by atoms with Gasteiger partial charge in [0.05, 0.1) is 32.1 Å². The molecule has 1 aliphatic heterocycles. The van der Waals surface area contributed by atoms with Crippen LogP contribution in [0, 0.1) is 0 Å². The molecule has 1 N–H and O–H groups in total. The van der Waals surface area contributed by atoms with Crippen LogP contribution in [0.1, 0.15) is 47.7 Å². The van der Waals surface area contributed by atoms with Crippen molar-refractivity contribution in [2.75, 3.05) is 32.3 Å². The smallest absolute Gasteiger partial charge is 0.416 e. The molecule has 40 heavy (non-hydrogen) atoms. The Morgan fingerprint density at radius 1 is 1.00 bits per heavy atom. The van der Waals surface area contributed by atoms with Gasteiger partial charge in [-0.3, -0.25) is 9.69 Å². The predicted octanol–water partition coefficient (Wildman–Crippen LogP) is 6.66. The zero-order chi connectivity index (χ0) is 29.0. The number of nitrogens with one attached hydrogen (secondary N) is 1. The first-order valence-electron chi connectivity index (χ1n) is 12.9. The number of fused-ring (bicyclic) bond motifs is 1. The Hall–Kier alpha value is -4.21. The highest BCUT2D eigenvalue weighted by Crippen LogP contribution is 2.44. The van der Waals surface area contributed by atoms with Gasteiger partial charge in [0.15, 0.2) is 11.5 Å². The molecule has 2 atom stereocenters. The molecule has 1 aliphatic rings. The zero-order valence-electron chi connectivity index (χ0n) is 22.7. The number of methoxy groups -OCH3 is 2. The van der Waals surface area contributed by atoms with E-state index < -0.39 is 17.8 Å². The summed E-state index contributed by atoms with van der Waals surface area (Å²) in [7, 11) is 3.03. The summed E-state index contributed by atoms with van der Waals surface area (Å²) in [6.45, 7) is 4.13. The summed E-state index contributed by atoms with van der Waals surface area (Å²) in [5, 5.41) is 2.99. The third kappa shape index (κ3) is 5.85. The minimum absolute atomic E-state index is 0.169. The van der Waals surface area contributed by atoms with Gasteiger partial charge in [0, 0.05) is 30.1 Å². The number of nitrogens with zero attached hydrogens (tertiary/aromatic N) is 1. The lowest BCUT2D eigenvalue weighted by Crippen LogP contribution is -2.45. The highest BCUT2D eigenvalue weighted by Gasteiger charge is 2.36. The number of benzene rings is 3. The molecular formula is C30H31F3N2O5. The Kier molecular flexibility index (Phi) is 8.56. The Labute approximate surface area is 230 Å². The van der Waals surface area contributed by atoms with E-state index in [1.807, 2.05) is 6.92 Å². The van der Waals surface area contributed by atoms with E-state index in [0.29, 0.717) is 40.3 Å². The van der Waals surface area contributed by atoms with Crippen LogP contribution in [0.2, 0.25) is 0 Å². The molecule has 0 aromatic heterocycles. The summed E-state index contributed by atoms with van der Waals surface area (Å²) >= 11 is 0. The number of rotatable bonds is 7. The molecule has 0 saturated heterocycles. The maximum atomic E-state index is 13.4. The summed E-state index contributed by atoms with van der Waals surface area (Å²) in [5.74, 6) is 0.414. The Morgan fingerprint density at radius 2 is 1.65 bits per heavy atom. The van der Waals surface area contributed by atoms with Crippen molar-refractivity contribution in [3.05, 3.63) is 77.4 Å². The second kappa shape index (κ2) is 11.9. The van der Waals surface area contributed by atoms with Crippen molar-refractivity contribution in [1.29, 1.82) is 0 Å². The molecule has 3 aromatic rings. The number of alkyl halides is 3. The largest absolute Gasteiger partial charge is 0.493 e. The van der Waals surface area contributed by atoms with E-state index in [1.54, 1.807) is 48.2 Å². The van der Waals surface area contributed by atoms with Crippen molar-refractivity contribution in [3.8, 4) is 22.6 Å². The van der Waals surface area contributed by atoms with Crippen molar-refractivity contribution in [2.24, 2.45) is 0 Å². The molecule has 3 aromatic carbocycles. The van der Waals surface area contributed by atoms with Crippen molar-refractivity contribution in [2.45, 2.75) is 38.4 Å². The summed E-state index contributed by atoms with van der Waals surface area (Å²) in [5.41, 5.74) is 2.00. The Balaban J connectivity index is 1.61. The molecule has 212 valence electrons. The molecule has 2 amide bonds. The maximum Gasteiger partial charge on any atom is 0.416 e. The maximum absolute atomic E-state index is 13.4. The fourth-order valence-electron chi connectivity index (χ4n) is 5.05. The van der Waals surface area contributed by atoms with E-state index in [9.17, 15) is 22.8 Å². The average molecular weight is 557 g/mol. The minimum atomic E-state index is -4.45. The second-order valence-corrected chi connectivity index (χ2v) is 9.45. The van der Waals surface area contributed by atoms with E-state index >= 15 is 0 Å². The van der Waals surface area contributed by atoms with E-state index in [1.165, 1.54) is 26.4 Å². The van der Waals surface area contributed by atoms with Gasteiger partial charge in [-0.15, -0.1) is 0 Å². The van der Waals surface area contributed by atoms with Gasteiger partial charge in [-0.1, -0.05) is 30.3 Å². The minimum Gasteiger partial charge on any atom is -0.493 e. The van der Waals surface area contributed by atoms with E-state index in [4.69, 9.17) is 14.2 Å². The molecule has 0 aliphatic carbocycles. The summed E-state index contributed by atoms with van der Waals surface area (Å²) in [4.78, 5) is 27.8. The first-order valence-corrected chi connectivity index (χ1v) is 12.9. The van der Waals surface area contributed by atoms with E-state index in [-0.39, 0.29) is 31.0 Å². The summed E-state index contributed by atoms with van der Waals surface area (Å²) < 4.78 is 55.3. The number of hydrogen-bond acceptors (Lipinski definition) is 5. The van der Waals surface area contributed by atoms with Crippen molar-refractivity contribution in [1.82, 2.24) is 5.32 Å². The van der Waals surface area contributed by atoms with Crippen LogP contribution in [0.3, 0.4) is 0 Å². The average Bonchev–Trinajstić information content (AvgIpc) is 2.94. The molecule has 7 nitrogen and oxygen atoms in total. The number of ether oxygens (including phenoxy) is 3. The van der Waals surface area contributed by atoms with Gasteiger partial charge in [0.1, 0.15) is 0 Å². The van der Waals surface area contributed by atoms with Crippen molar-refractivity contribution >= 4 is 17.7 Å². The van der Waals surface area contributed by atoms with Crippen LogP contribution in [0.4, 0.5) is 23.7 Å². The Bertz CT molecular complexity index is 1370. The van der Waals surface area contributed by atoms with Crippen LogP contribution >= 0.6 is 0 Å². The highest BCUT2D eigenvalue weighted by atomic mass is 19.4. The van der Waals surface area contributed by atoms with Crippen LogP contribution in [-0.2, 0) is 10.9 Å². The van der Waals surface area contributed by atoms with Gasteiger partial charge in [0.25, 0.3) is 5.91 Å². The molecule has 0 bridgehead atoms. The quantitative estimate of drug-likeness (QED) is 0.352. The molecule has 0 spiro atoms. The number of hydrogen-bond donors (Lipinski definition) is 1. The fraction of sp³-hybridized carbons (Fsp3) is 0.333. The van der Waals surface area contributed by atoms with Crippen molar-refractivity contribution in [3.63, 3.8) is 0 Å². The first kappa shape index (κ1) is 28.8. The zero-order valence-corrected chi connectivity index (χ0v) is 22.7. The highest BCUT2D eigenvalue weighted by molar-refractivity contribution is 6.01. The summed E-state index contributed by atoms with van der Waals surface area (Å²) in [6, 6.07) is 14.8. The molecule has 1 heterocycles. The lowest BCUT2D eigenvalue weighted by molar-refractivity contribution is -0.137. The third-order valence-electron chi connectivity index (χ3n) is 6.97. The number of anilines is 1. The van der Waals surface area contributed by atoms with Gasteiger partial charge in [-0.2, -0.15) is 13.2 Å². The molecule has 4 rings (SSSR count). The molecule has 0 radical (unpaired) electrons. The van der Waals surface area contributed by atoms with Crippen LogP contribution in [0.15, 0.2) is 60.7 Å². The van der Waals surface area contributed by atoms with Gasteiger partial charge in [-0.25, -0.2) is 4.79 Å². The second-order valence-electron chi connectivity index (χ2n) is 9.45. The van der Waals surface area contributed by atoms with Crippen LogP contribution < -0.4 is 19.7 Å². The molecule has 2 unspecified atom stereocenters. The monoisotopic (exact) mass is 556 g/mol. The first-order chi connectivity index (χ1) is 19.1. The SMILES string of the molecule is CCOC(=O)N1c2cc(OC)c(OC)cc2C(CNC(=O)c2ccccc2-c2ccc(C(F)(F)F)cc2)CC1C. The number of carbonyl (C=O) groups is 2. The lowest BCUT2D eigenvalue weighted by atomic mass is 9.85. The topological polar surface area (TPSA) is 77.1 Å².